The Kier molecular flexibility index (Phi) is 3.99. The number of anilines is 1. The Morgan fingerprint density at radius 1 is 1.12 bits per heavy atom. The zero-order valence-corrected chi connectivity index (χ0v) is 13.6. The van der Waals surface area contributed by atoms with E-state index in [0.29, 0.717) is 28.6 Å². The Hall–Kier alpha value is -3.22. The number of amides is 1. The molecule has 0 radical (unpaired) electrons. The van der Waals surface area contributed by atoms with E-state index in [4.69, 9.17) is 10.2 Å². The summed E-state index contributed by atoms with van der Waals surface area (Å²) in [6, 6.07) is 7.17. The van der Waals surface area contributed by atoms with Crippen LogP contribution < -0.4 is 5.73 Å². The third-order valence-electron chi connectivity index (χ3n) is 3.49. The summed E-state index contributed by atoms with van der Waals surface area (Å²) in [5.74, 6) is 1.22. The third-order valence-corrected chi connectivity index (χ3v) is 3.49. The number of rotatable bonds is 3. The molecule has 0 saturated heterocycles. The van der Waals surface area contributed by atoms with Crippen molar-refractivity contribution >= 4 is 11.7 Å². The fourth-order valence-corrected chi connectivity index (χ4v) is 2.23. The van der Waals surface area contributed by atoms with E-state index in [9.17, 15) is 4.79 Å². The first-order valence-electron chi connectivity index (χ1n) is 7.33. The molecule has 0 saturated carbocycles. The fourth-order valence-electron chi connectivity index (χ4n) is 2.23. The number of hydrogen-bond donors (Lipinski definition) is 1. The molecule has 1 amide bonds. The number of nitrogens with two attached hydrogens (primary N) is 1. The van der Waals surface area contributed by atoms with Gasteiger partial charge in [0.2, 0.25) is 0 Å². The molecule has 0 atom stereocenters. The molecule has 7 nitrogen and oxygen atoms in total. The van der Waals surface area contributed by atoms with Crippen molar-refractivity contribution in [2.45, 2.75) is 6.92 Å². The van der Waals surface area contributed by atoms with Gasteiger partial charge in [-0.05, 0) is 12.1 Å². The van der Waals surface area contributed by atoms with Crippen molar-refractivity contribution < 1.29 is 9.21 Å². The Bertz CT molecular complexity index is 884. The van der Waals surface area contributed by atoms with Crippen LogP contribution in [0.5, 0.6) is 0 Å². The van der Waals surface area contributed by atoms with Crippen molar-refractivity contribution in [2.24, 2.45) is 0 Å². The Balaban J connectivity index is 1.97. The lowest BCUT2D eigenvalue weighted by molar-refractivity contribution is 0.0827. The monoisotopic (exact) mass is 323 g/mol. The molecule has 2 N–H and O–H groups in total. The standard InChI is InChI=1S/C17H17N5O2/c1-10-19-9-14(24-10)15-16(18)20-8-13(21-15)11-4-6-12(7-5-11)17(23)22(2)3/h4-9H,1-3H3,(H2,18,20). The van der Waals surface area contributed by atoms with Crippen LogP contribution in [0.4, 0.5) is 5.82 Å². The van der Waals surface area contributed by atoms with E-state index in [-0.39, 0.29) is 11.7 Å². The van der Waals surface area contributed by atoms with E-state index < -0.39 is 0 Å². The number of nitrogens with zero attached hydrogens (tertiary/aromatic N) is 4. The van der Waals surface area contributed by atoms with Gasteiger partial charge in [0.15, 0.2) is 23.2 Å². The first-order valence-corrected chi connectivity index (χ1v) is 7.33. The molecule has 1 aromatic carbocycles. The lowest BCUT2D eigenvalue weighted by Gasteiger charge is -2.10. The van der Waals surface area contributed by atoms with Gasteiger partial charge in [-0.25, -0.2) is 15.0 Å². The summed E-state index contributed by atoms with van der Waals surface area (Å²) in [5, 5.41) is 0. The molecule has 7 heteroatoms. The second-order valence-electron chi connectivity index (χ2n) is 5.51. The van der Waals surface area contributed by atoms with Gasteiger partial charge in [-0.2, -0.15) is 0 Å². The van der Waals surface area contributed by atoms with Crippen LogP contribution in [0.1, 0.15) is 16.2 Å². The van der Waals surface area contributed by atoms with E-state index in [0.717, 1.165) is 5.56 Å². The maximum Gasteiger partial charge on any atom is 0.253 e. The SMILES string of the molecule is Cc1ncc(-c2nc(-c3ccc(C(=O)N(C)C)cc3)cnc2N)o1. The summed E-state index contributed by atoms with van der Waals surface area (Å²) in [5.41, 5.74) is 8.41. The van der Waals surface area contributed by atoms with E-state index in [1.54, 1.807) is 45.5 Å². The molecule has 0 aliphatic carbocycles. The van der Waals surface area contributed by atoms with Gasteiger partial charge in [0, 0.05) is 32.1 Å². The highest BCUT2D eigenvalue weighted by Gasteiger charge is 2.13. The number of oxazole rings is 1. The summed E-state index contributed by atoms with van der Waals surface area (Å²) >= 11 is 0. The molecular weight excluding hydrogens is 306 g/mol. The summed E-state index contributed by atoms with van der Waals surface area (Å²) in [4.78, 5) is 26.2. The van der Waals surface area contributed by atoms with Crippen LogP contribution in [-0.4, -0.2) is 39.9 Å². The molecule has 0 unspecified atom stereocenters. The number of aryl methyl sites for hydroxylation is 1. The van der Waals surface area contributed by atoms with Crippen molar-refractivity contribution in [3.63, 3.8) is 0 Å². The molecule has 0 bridgehead atoms. The fraction of sp³-hybridized carbons (Fsp3) is 0.176. The van der Waals surface area contributed by atoms with Gasteiger partial charge in [-0.3, -0.25) is 4.79 Å². The van der Waals surface area contributed by atoms with Crippen LogP contribution in [0.2, 0.25) is 0 Å². The Labute approximate surface area is 139 Å². The quantitative estimate of drug-likeness (QED) is 0.794. The summed E-state index contributed by atoms with van der Waals surface area (Å²) in [6.45, 7) is 1.75. The van der Waals surface area contributed by atoms with Crippen molar-refractivity contribution in [1.82, 2.24) is 19.9 Å². The van der Waals surface area contributed by atoms with Gasteiger partial charge in [-0.15, -0.1) is 0 Å². The number of benzene rings is 1. The topological polar surface area (TPSA) is 98.1 Å². The Morgan fingerprint density at radius 3 is 2.42 bits per heavy atom. The van der Waals surface area contributed by atoms with Gasteiger partial charge >= 0.3 is 0 Å². The average molecular weight is 323 g/mol. The highest BCUT2D eigenvalue weighted by atomic mass is 16.4. The van der Waals surface area contributed by atoms with E-state index in [2.05, 4.69) is 15.0 Å². The van der Waals surface area contributed by atoms with Crippen LogP contribution in [0.3, 0.4) is 0 Å². The molecule has 24 heavy (non-hydrogen) atoms. The van der Waals surface area contributed by atoms with Crippen molar-refractivity contribution in [1.29, 1.82) is 0 Å². The van der Waals surface area contributed by atoms with Crippen molar-refractivity contribution in [2.75, 3.05) is 19.8 Å². The number of nitrogen functional groups attached to an aromatic ring is 1. The maximum atomic E-state index is 11.9. The lowest BCUT2D eigenvalue weighted by Crippen LogP contribution is -2.21. The van der Waals surface area contributed by atoms with E-state index >= 15 is 0 Å². The average Bonchev–Trinajstić information content (AvgIpc) is 3.01. The molecule has 0 aliphatic heterocycles. The number of aromatic nitrogens is 3. The number of hydrogen-bond acceptors (Lipinski definition) is 6. The zero-order chi connectivity index (χ0) is 17.3. The molecule has 2 aromatic heterocycles. The number of carbonyl (C=O) groups is 1. The van der Waals surface area contributed by atoms with E-state index in [1.807, 2.05) is 12.1 Å². The predicted molar refractivity (Wildman–Crippen MR) is 90.1 cm³/mol. The second kappa shape index (κ2) is 6.11. The Morgan fingerprint density at radius 2 is 1.83 bits per heavy atom. The normalized spacial score (nSPS) is 10.6. The highest BCUT2D eigenvalue weighted by Crippen LogP contribution is 2.26. The highest BCUT2D eigenvalue weighted by molar-refractivity contribution is 5.94. The molecule has 3 aromatic rings. The lowest BCUT2D eigenvalue weighted by atomic mass is 10.1. The van der Waals surface area contributed by atoms with Crippen molar-refractivity contribution in [3.8, 4) is 22.7 Å². The smallest absolute Gasteiger partial charge is 0.253 e. The van der Waals surface area contributed by atoms with Crippen LogP contribution in [0.15, 0.2) is 41.1 Å². The minimum Gasteiger partial charge on any atom is -0.439 e. The van der Waals surface area contributed by atoms with Crippen LogP contribution >= 0.6 is 0 Å². The van der Waals surface area contributed by atoms with Crippen LogP contribution in [-0.2, 0) is 0 Å². The molecule has 2 heterocycles. The maximum absolute atomic E-state index is 11.9. The third kappa shape index (κ3) is 2.96. The summed E-state index contributed by atoms with van der Waals surface area (Å²) < 4.78 is 5.47. The molecule has 0 aliphatic rings. The summed E-state index contributed by atoms with van der Waals surface area (Å²) in [7, 11) is 3.43. The van der Waals surface area contributed by atoms with Gasteiger partial charge in [0.25, 0.3) is 5.91 Å². The largest absolute Gasteiger partial charge is 0.439 e. The molecule has 0 fully saturated rings. The first-order chi connectivity index (χ1) is 11.5. The molecular formula is C17H17N5O2. The second-order valence-corrected chi connectivity index (χ2v) is 5.51. The van der Waals surface area contributed by atoms with Gasteiger partial charge < -0.3 is 15.1 Å². The van der Waals surface area contributed by atoms with Crippen molar-refractivity contribution in [3.05, 3.63) is 48.1 Å². The van der Waals surface area contributed by atoms with Crippen LogP contribution in [0.25, 0.3) is 22.7 Å². The number of carbonyl (C=O) groups excluding carboxylic acids is 1. The first kappa shape index (κ1) is 15.7. The predicted octanol–water partition coefficient (Wildman–Crippen LogP) is 2.39. The zero-order valence-electron chi connectivity index (χ0n) is 13.6. The minimum atomic E-state index is -0.0530. The van der Waals surface area contributed by atoms with Crippen LogP contribution in [0, 0.1) is 6.92 Å². The van der Waals surface area contributed by atoms with E-state index in [1.165, 1.54) is 4.90 Å². The van der Waals surface area contributed by atoms with Gasteiger partial charge in [-0.1, -0.05) is 12.1 Å². The van der Waals surface area contributed by atoms with Gasteiger partial charge in [0.1, 0.15) is 0 Å². The molecule has 3 rings (SSSR count). The summed E-state index contributed by atoms with van der Waals surface area (Å²) in [6.07, 6.45) is 3.16. The van der Waals surface area contributed by atoms with Gasteiger partial charge in [0.05, 0.1) is 18.1 Å². The molecule has 0 spiro atoms. The minimum absolute atomic E-state index is 0.0530. The molecule has 122 valence electrons.